The van der Waals surface area contributed by atoms with Crippen LogP contribution in [0.5, 0.6) is 17.2 Å². The van der Waals surface area contributed by atoms with Crippen molar-refractivity contribution in [3.05, 3.63) is 89.5 Å². The van der Waals surface area contributed by atoms with Crippen molar-refractivity contribution in [2.75, 3.05) is 0 Å². The van der Waals surface area contributed by atoms with E-state index in [-0.39, 0.29) is 16.2 Å². The lowest BCUT2D eigenvalue weighted by Gasteiger charge is -2.31. The summed E-state index contributed by atoms with van der Waals surface area (Å²) in [4.78, 5) is 0. The lowest BCUT2D eigenvalue weighted by atomic mass is 9.79. The van der Waals surface area contributed by atoms with Crippen LogP contribution in [0.2, 0.25) is 0 Å². The van der Waals surface area contributed by atoms with Gasteiger partial charge in [0.15, 0.2) is 0 Å². The Balaban J connectivity index is 2.00. The zero-order valence-corrected chi connectivity index (χ0v) is 33.6. The molecule has 272 valence electrons. The van der Waals surface area contributed by atoms with Crippen LogP contribution in [0.15, 0.2) is 72.8 Å². The molecule has 3 aromatic carbocycles. The molecule has 0 aliphatic carbocycles. The summed E-state index contributed by atoms with van der Waals surface area (Å²) in [5.74, 6) is 2.55. The van der Waals surface area contributed by atoms with Gasteiger partial charge in [-0.3, -0.25) is 0 Å². The van der Waals surface area contributed by atoms with Gasteiger partial charge in [-0.2, -0.15) is 0 Å². The quantitative estimate of drug-likeness (QED) is 0.0692. The Labute approximate surface area is 302 Å². The fourth-order valence-corrected chi connectivity index (χ4v) is 8.07. The van der Waals surface area contributed by atoms with E-state index in [1.165, 1.54) is 93.7 Å². The van der Waals surface area contributed by atoms with Crippen molar-refractivity contribution in [2.45, 2.75) is 175 Å². The standard InChI is InChI=1S/C45H69O3P/c1-10-13-16-25-34-43(4,5)37-28-19-22-31-40(37)46-49(47-41-32-23-20-29-38(41)44(6,7)35-26-17-14-11-2)48-42-33-24-21-30-39(42)45(8,9)36-27-18-15-12-3/h19-24,28-33H,10-18,25-27,34-36H2,1-9H3. The van der Waals surface area contributed by atoms with E-state index in [2.05, 4.69) is 135 Å². The minimum atomic E-state index is -1.84. The first-order valence-electron chi connectivity index (χ1n) is 19.6. The molecule has 0 bridgehead atoms. The Kier molecular flexibility index (Phi) is 17.0. The molecule has 3 rings (SSSR count). The Bertz CT molecular complexity index is 1200. The van der Waals surface area contributed by atoms with Crippen LogP contribution in [0.3, 0.4) is 0 Å². The van der Waals surface area contributed by atoms with Gasteiger partial charge in [-0.1, -0.05) is 194 Å². The van der Waals surface area contributed by atoms with Gasteiger partial charge in [-0.15, -0.1) is 0 Å². The van der Waals surface area contributed by atoms with Crippen LogP contribution in [-0.2, 0) is 16.2 Å². The highest BCUT2D eigenvalue weighted by atomic mass is 31.2. The minimum Gasteiger partial charge on any atom is -0.408 e. The van der Waals surface area contributed by atoms with Crippen molar-refractivity contribution in [2.24, 2.45) is 0 Å². The predicted octanol–water partition coefficient (Wildman–Crippen LogP) is 15.2. The predicted molar refractivity (Wildman–Crippen MR) is 213 cm³/mol. The molecule has 0 heterocycles. The van der Waals surface area contributed by atoms with Gasteiger partial charge in [0.1, 0.15) is 17.2 Å². The lowest BCUT2D eigenvalue weighted by molar-refractivity contribution is 0.359. The molecule has 0 radical (unpaired) electrons. The first-order valence-corrected chi connectivity index (χ1v) is 20.7. The average Bonchev–Trinajstić information content (AvgIpc) is 3.07. The van der Waals surface area contributed by atoms with Crippen LogP contribution in [0, 0.1) is 0 Å². The van der Waals surface area contributed by atoms with Gasteiger partial charge in [0, 0.05) is 16.7 Å². The highest BCUT2D eigenvalue weighted by molar-refractivity contribution is 7.43. The highest BCUT2D eigenvalue weighted by Gasteiger charge is 2.32. The number of hydrogen-bond donors (Lipinski definition) is 0. The number of rotatable bonds is 24. The number of unbranched alkanes of at least 4 members (excludes halogenated alkanes) is 9. The van der Waals surface area contributed by atoms with Crippen LogP contribution in [0.4, 0.5) is 0 Å². The molecule has 0 spiro atoms. The normalized spacial score (nSPS) is 12.4. The molecule has 0 aromatic heterocycles. The maximum Gasteiger partial charge on any atom is 0.530 e. The van der Waals surface area contributed by atoms with E-state index in [9.17, 15) is 0 Å². The second kappa shape index (κ2) is 20.4. The van der Waals surface area contributed by atoms with Crippen molar-refractivity contribution in [1.82, 2.24) is 0 Å². The fourth-order valence-electron chi connectivity index (χ4n) is 7.00. The van der Waals surface area contributed by atoms with Crippen LogP contribution in [0.1, 0.15) is 175 Å². The van der Waals surface area contributed by atoms with Gasteiger partial charge in [0.2, 0.25) is 0 Å². The fraction of sp³-hybridized carbons (Fsp3) is 0.600. The van der Waals surface area contributed by atoms with E-state index in [4.69, 9.17) is 13.6 Å². The Morgan fingerprint density at radius 3 is 0.918 bits per heavy atom. The molecule has 0 unspecified atom stereocenters. The van der Waals surface area contributed by atoms with E-state index >= 15 is 0 Å². The first-order chi connectivity index (χ1) is 23.4. The number of para-hydroxylation sites is 3. The molecule has 0 aliphatic heterocycles. The summed E-state index contributed by atoms with van der Waals surface area (Å²) in [6.45, 7) is 20.9. The van der Waals surface area contributed by atoms with E-state index in [1.54, 1.807) is 0 Å². The SMILES string of the molecule is CCCCCCC(C)(C)c1ccccc1OP(Oc1ccccc1C(C)(C)CCCCCC)Oc1ccccc1C(C)(C)CCCCCC. The lowest BCUT2D eigenvalue weighted by Crippen LogP contribution is -2.20. The molecular formula is C45H69O3P. The van der Waals surface area contributed by atoms with Gasteiger partial charge >= 0.3 is 8.60 Å². The Morgan fingerprint density at radius 2 is 0.653 bits per heavy atom. The second-order valence-electron chi connectivity index (χ2n) is 16.1. The van der Waals surface area contributed by atoms with Crippen LogP contribution >= 0.6 is 8.60 Å². The van der Waals surface area contributed by atoms with Crippen LogP contribution in [-0.4, -0.2) is 0 Å². The molecule has 3 aromatic rings. The van der Waals surface area contributed by atoms with Gasteiger partial charge in [-0.25, -0.2) is 0 Å². The number of benzene rings is 3. The van der Waals surface area contributed by atoms with Gasteiger partial charge < -0.3 is 13.6 Å². The third-order valence-electron chi connectivity index (χ3n) is 10.3. The Hall–Kier alpha value is -2.51. The first kappa shape index (κ1) is 40.9. The van der Waals surface area contributed by atoms with Crippen molar-refractivity contribution in [1.29, 1.82) is 0 Å². The van der Waals surface area contributed by atoms with Gasteiger partial charge in [-0.05, 0) is 53.7 Å². The summed E-state index contributed by atoms with van der Waals surface area (Å²) in [6.07, 6.45) is 18.3. The van der Waals surface area contributed by atoms with Gasteiger partial charge in [0.05, 0.1) is 0 Å². The molecule has 0 aliphatic rings. The van der Waals surface area contributed by atoms with E-state index in [1.807, 2.05) is 0 Å². The van der Waals surface area contributed by atoms with Crippen molar-refractivity contribution < 1.29 is 13.6 Å². The summed E-state index contributed by atoms with van der Waals surface area (Å²) in [7, 11) is -1.84. The molecule has 0 saturated carbocycles. The summed E-state index contributed by atoms with van der Waals surface area (Å²) >= 11 is 0. The molecule has 0 amide bonds. The van der Waals surface area contributed by atoms with Crippen LogP contribution in [0.25, 0.3) is 0 Å². The maximum atomic E-state index is 6.95. The summed E-state index contributed by atoms with van der Waals surface area (Å²) in [6, 6.07) is 25.6. The molecule has 4 heteroatoms. The highest BCUT2D eigenvalue weighted by Crippen LogP contribution is 2.50. The van der Waals surface area contributed by atoms with Crippen LogP contribution < -0.4 is 13.6 Å². The third kappa shape index (κ3) is 13.0. The summed E-state index contributed by atoms with van der Waals surface area (Å²) < 4.78 is 20.8. The molecule has 0 atom stereocenters. The maximum absolute atomic E-state index is 6.95. The zero-order chi connectivity index (χ0) is 35.8. The Morgan fingerprint density at radius 1 is 0.388 bits per heavy atom. The molecule has 3 nitrogen and oxygen atoms in total. The molecular weight excluding hydrogens is 619 g/mol. The topological polar surface area (TPSA) is 27.7 Å². The smallest absolute Gasteiger partial charge is 0.408 e. The largest absolute Gasteiger partial charge is 0.530 e. The third-order valence-corrected chi connectivity index (χ3v) is 11.4. The van der Waals surface area contributed by atoms with Crippen molar-refractivity contribution >= 4 is 8.60 Å². The monoisotopic (exact) mass is 688 g/mol. The zero-order valence-electron chi connectivity index (χ0n) is 32.7. The van der Waals surface area contributed by atoms with Crippen molar-refractivity contribution in [3.63, 3.8) is 0 Å². The van der Waals surface area contributed by atoms with E-state index in [0.717, 1.165) is 36.5 Å². The van der Waals surface area contributed by atoms with Gasteiger partial charge in [0.25, 0.3) is 0 Å². The summed E-state index contributed by atoms with van der Waals surface area (Å²) in [5, 5.41) is 0. The van der Waals surface area contributed by atoms with Crippen molar-refractivity contribution in [3.8, 4) is 17.2 Å². The summed E-state index contributed by atoms with van der Waals surface area (Å²) in [5.41, 5.74) is 3.51. The molecule has 0 fully saturated rings. The number of hydrogen-bond acceptors (Lipinski definition) is 3. The minimum absolute atomic E-state index is 0.0396. The van der Waals surface area contributed by atoms with E-state index < -0.39 is 8.60 Å². The second-order valence-corrected chi connectivity index (χ2v) is 17.1. The molecule has 0 N–H and O–H groups in total. The average molecular weight is 689 g/mol. The molecule has 49 heavy (non-hydrogen) atoms. The molecule has 0 saturated heterocycles. The van der Waals surface area contributed by atoms with E-state index in [0.29, 0.717) is 0 Å².